The van der Waals surface area contributed by atoms with Crippen LogP contribution in [-0.2, 0) is 0 Å². The molecule has 5 heteroatoms. The Morgan fingerprint density at radius 1 is 1.32 bits per heavy atom. The average Bonchev–Trinajstić information content (AvgIpc) is 2.37. The first-order valence-corrected chi connectivity index (χ1v) is 6.18. The zero-order valence-corrected chi connectivity index (χ0v) is 11.8. The van der Waals surface area contributed by atoms with Crippen LogP contribution in [0.3, 0.4) is 0 Å². The van der Waals surface area contributed by atoms with Gasteiger partial charge >= 0.3 is 0 Å². The third-order valence-electron chi connectivity index (χ3n) is 3.01. The summed E-state index contributed by atoms with van der Waals surface area (Å²) >= 11 is 0. The van der Waals surface area contributed by atoms with Gasteiger partial charge in [0.25, 0.3) is 5.91 Å². The highest BCUT2D eigenvalue weighted by atomic mass is 16.4. The monoisotopic (exact) mass is 263 g/mol. The van der Waals surface area contributed by atoms with Gasteiger partial charge in [0.1, 0.15) is 0 Å². The van der Waals surface area contributed by atoms with Crippen LogP contribution >= 0.6 is 0 Å². The lowest BCUT2D eigenvalue weighted by molar-refractivity contribution is 0.0931. The molecule has 0 bridgehead atoms. The van der Waals surface area contributed by atoms with Crippen LogP contribution in [0.1, 0.15) is 49.5 Å². The molecule has 0 aliphatic rings. The van der Waals surface area contributed by atoms with Gasteiger partial charge in [0.15, 0.2) is 5.84 Å². The molecule has 1 rings (SSSR count). The second kappa shape index (κ2) is 5.73. The molecule has 1 amide bonds. The second-order valence-corrected chi connectivity index (χ2v) is 5.34. The van der Waals surface area contributed by atoms with Gasteiger partial charge in [-0.2, -0.15) is 0 Å². The quantitative estimate of drug-likeness (QED) is 0.336. The van der Waals surface area contributed by atoms with E-state index in [0.29, 0.717) is 11.5 Å². The smallest absolute Gasteiger partial charge is 0.252 e. The van der Waals surface area contributed by atoms with Crippen molar-refractivity contribution >= 4 is 11.7 Å². The van der Waals surface area contributed by atoms with E-state index in [1.807, 2.05) is 12.1 Å². The van der Waals surface area contributed by atoms with E-state index in [1.54, 1.807) is 26.0 Å². The van der Waals surface area contributed by atoms with Gasteiger partial charge in [-0.3, -0.25) is 4.79 Å². The first-order valence-electron chi connectivity index (χ1n) is 6.18. The van der Waals surface area contributed by atoms with Crippen molar-refractivity contribution in [3.05, 3.63) is 35.4 Å². The van der Waals surface area contributed by atoms with Gasteiger partial charge in [-0.15, -0.1) is 0 Å². The zero-order chi connectivity index (χ0) is 14.6. The van der Waals surface area contributed by atoms with Crippen LogP contribution in [0.15, 0.2) is 29.4 Å². The third-order valence-corrected chi connectivity index (χ3v) is 3.01. The summed E-state index contributed by atoms with van der Waals surface area (Å²) in [4.78, 5) is 12.1. The molecule has 5 nitrogen and oxygen atoms in total. The Morgan fingerprint density at radius 2 is 1.84 bits per heavy atom. The molecule has 0 atom stereocenters. The number of carbonyl (C=O) groups excluding carboxylic acids is 1. The number of hydrogen-bond acceptors (Lipinski definition) is 3. The Hall–Kier alpha value is -2.04. The molecule has 0 saturated heterocycles. The number of nitrogens with zero attached hydrogens (tertiary/aromatic N) is 1. The maximum absolute atomic E-state index is 12.1. The number of nitrogens with two attached hydrogens (primary N) is 1. The molecule has 0 unspecified atom stereocenters. The van der Waals surface area contributed by atoms with E-state index in [9.17, 15) is 4.79 Å². The summed E-state index contributed by atoms with van der Waals surface area (Å²) in [5.74, 6) is 0.122. The van der Waals surface area contributed by atoms with Crippen LogP contribution < -0.4 is 11.1 Å². The van der Waals surface area contributed by atoms with Gasteiger partial charge in [0.05, 0.1) is 5.54 Å². The maximum Gasteiger partial charge on any atom is 0.252 e. The van der Waals surface area contributed by atoms with Crippen LogP contribution in [-0.4, -0.2) is 22.5 Å². The normalized spacial score (nSPS) is 12.6. The minimum atomic E-state index is -0.900. The number of amides is 1. The molecule has 1 aromatic rings. The summed E-state index contributed by atoms with van der Waals surface area (Å²) in [6.45, 7) is 7.53. The Balaban J connectivity index is 2.84. The van der Waals surface area contributed by atoms with Crippen LogP contribution in [0.2, 0.25) is 0 Å². The van der Waals surface area contributed by atoms with Gasteiger partial charge in [-0.05, 0) is 37.5 Å². The molecular formula is C14H21N3O2. The summed E-state index contributed by atoms with van der Waals surface area (Å²) in [6, 6.07) is 7.40. The van der Waals surface area contributed by atoms with Crippen LogP contribution in [0, 0.1) is 0 Å². The molecule has 104 valence electrons. The number of hydrogen-bond donors (Lipinski definition) is 3. The van der Waals surface area contributed by atoms with Gasteiger partial charge in [0.2, 0.25) is 0 Å². The lowest BCUT2D eigenvalue weighted by atomic mass is 10.0. The van der Waals surface area contributed by atoms with Crippen molar-refractivity contribution in [3.8, 4) is 0 Å². The molecule has 0 saturated carbocycles. The predicted molar refractivity (Wildman–Crippen MR) is 75.5 cm³/mol. The molecule has 0 aliphatic carbocycles. The lowest BCUT2D eigenvalue weighted by Gasteiger charge is -2.24. The van der Waals surface area contributed by atoms with Gasteiger partial charge in [-0.1, -0.05) is 31.1 Å². The molecule has 0 aliphatic heterocycles. The van der Waals surface area contributed by atoms with Crippen molar-refractivity contribution in [2.75, 3.05) is 0 Å². The van der Waals surface area contributed by atoms with Crippen LogP contribution in [0.25, 0.3) is 0 Å². The first-order chi connectivity index (χ1) is 8.77. The highest BCUT2D eigenvalue weighted by Gasteiger charge is 2.26. The average molecular weight is 263 g/mol. The Bertz CT molecular complexity index is 476. The van der Waals surface area contributed by atoms with E-state index in [-0.39, 0.29) is 11.7 Å². The van der Waals surface area contributed by atoms with E-state index in [2.05, 4.69) is 24.3 Å². The number of carbonyl (C=O) groups is 1. The molecule has 0 spiro atoms. The van der Waals surface area contributed by atoms with E-state index < -0.39 is 5.54 Å². The van der Waals surface area contributed by atoms with E-state index in [0.717, 1.165) is 0 Å². The first kappa shape index (κ1) is 15.0. The fourth-order valence-corrected chi connectivity index (χ4v) is 1.56. The molecular weight excluding hydrogens is 242 g/mol. The SMILES string of the molecule is CC(C)c1ccc(C(=O)NC(C)(C)/C(N)=N/O)cc1. The summed E-state index contributed by atoms with van der Waals surface area (Å²) < 4.78 is 0. The highest BCUT2D eigenvalue weighted by Crippen LogP contribution is 2.15. The molecule has 1 aromatic carbocycles. The van der Waals surface area contributed by atoms with Crippen molar-refractivity contribution in [2.24, 2.45) is 10.9 Å². The minimum Gasteiger partial charge on any atom is -0.409 e. The number of benzene rings is 1. The van der Waals surface area contributed by atoms with Crippen molar-refractivity contribution in [1.82, 2.24) is 5.32 Å². The Morgan fingerprint density at radius 3 is 2.26 bits per heavy atom. The zero-order valence-electron chi connectivity index (χ0n) is 11.8. The van der Waals surface area contributed by atoms with Crippen molar-refractivity contribution in [2.45, 2.75) is 39.2 Å². The molecule has 0 aromatic heterocycles. The Labute approximate surface area is 113 Å². The number of nitrogens with one attached hydrogen (secondary N) is 1. The molecule has 4 N–H and O–H groups in total. The standard InChI is InChI=1S/C14H21N3O2/c1-9(2)10-5-7-11(8-6-10)12(18)16-14(3,4)13(15)17-19/h5-9,19H,1-4H3,(H2,15,17)(H,16,18). The van der Waals surface area contributed by atoms with Crippen molar-refractivity contribution in [1.29, 1.82) is 0 Å². The van der Waals surface area contributed by atoms with Crippen LogP contribution in [0.5, 0.6) is 0 Å². The molecule has 0 radical (unpaired) electrons. The van der Waals surface area contributed by atoms with Gasteiger partial charge in [-0.25, -0.2) is 0 Å². The Kier molecular flexibility index (Phi) is 4.53. The third kappa shape index (κ3) is 3.71. The number of oxime groups is 1. The fraction of sp³-hybridized carbons (Fsp3) is 0.429. The largest absolute Gasteiger partial charge is 0.409 e. The number of amidine groups is 1. The topological polar surface area (TPSA) is 87.7 Å². The van der Waals surface area contributed by atoms with Crippen molar-refractivity contribution < 1.29 is 10.0 Å². The molecule has 0 fully saturated rings. The minimum absolute atomic E-state index is 0.0420. The summed E-state index contributed by atoms with van der Waals surface area (Å²) in [6.07, 6.45) is 0. The fourth-order valence-electron chi connectivity index (χ4n) is 1.56. The lowest BCUT2D eigenvalue weighted by Crippen LogP contribution is -2.53. The number of rotatable bonds is 4. The second-order valence-electron chi connectivity index (χ2n) is 5.34. The van der Waals surface area contributed by atoms with Gasteiger partial charge in [0, 0.05) is 5.56 Å². The van der Waals surface area contributed by atoms with Crippen molar-refractivity contribution in [3.63, 3.8) is 0 Å². The summed E-state index contributed by atoms with van der Waals surface area (Å²) in [5.41, 5.74) is 6.34. The van der Waals surface area contributed by atoms with Gasteiger partial charge < -0.3 is 16.3 Å². The van der Waals surface area contributed by atoms with E-state index in [4.69, 9.17) is 10.9 Å². The van der Waals surface area contributed by atoms with E-state index in [1.165, 1.54) is 5.56 Å². The predicted octanol–water partition coefficient (Wildman–Crippen LogP) is 2.06. The summed E-state index contributed by atoms with van der Waals surface area (Å²) in [7, 11) is 0. The van der Waals surface area contributed by atoms with E-state index >= 15 is 0 Å². The van der Waals surface area contributed by atoms with Crippen LogP contribution in [0.4, 0.5) is 0 Å². The molecule has 19 heavy (non-hydrogen) atoms. The maximum atomic E-state index is 12.1. The highest BCUT2D eigenvalue weighted by molar-refractivity contribution is 5.99. The summed E-state index contributed by atoms with van der Waals surface area (Å²) in [5, 5.41) is 14.3. The molecule has 0 heterocycles.